The van der Waals surface area contributed by atoms with Gasteiger partial charge in [-0.25, -0.2) is 9.97 Å². The van der Waals surface area contributed by atoms with Crippen LogP contribution in [0.4, 0.5) is 0 Å². The van der Waals surface area contributed by atoms with Crippen LogP contribution in [0, 0.1) is 6.92 Å². The maximum Gasteiger partial charge on any atom is 0.263 e. The Bertz CT molecular complexity index is 1030. The topological polar surface area (TPSA) is 77.3 Å². The molecule has 3 aromatic rings. The molecule has 27 heavy (non-hydrogen) atoms. The highest BCUT2D eigenvalue weighted by molar-refractivity contribution is 6.26. The lowest BCUT2D eigenvalue weighted by Gasteiger charge is -2.13. The van der Waals surface area contributed by atoms with Crippen molar-refractivity contribution in [2.45, 2.75) is 26.5 Å². The number of nitrogens with zero attached hydrogens (tertiary/aromatic N) is 4. The van der Waals surface area contributed by atoms with Crippen molar-refractivity contribution in [2.75, 3.05) is 13.7 Å². The van der Waals surface area contributed by atoms with Crippen molar-refractivity contribution in [3.8, 4) is 0 Å². The fourth-order valence-corrected chi connectivity index (χ4v) is 3.52. The monoisotopic (exact) mass is 364 g/mol. The van der Waals surface area contributed by atoms with Crippen molar-refractivity contribution in [1.82, 2.24) is 19.4 Å². The van der Waals surface area contributed by atoms with Crippen LogP contribution < -0.4 is 0 Å². The Labute approximate surface area is 156 Å². The van der Waals surface area contributed by atoms with Crippen LogP contribution in [0.5, 0.6) is 0 Å². The Balaban J connectivity index is 1.71. The molecule has 0 fully saturated rings. The van der Waals surface area contributed by atoms with Crippen LogP contribution >= 0.6 is 0 Å². The highest BCUT2D eigenvalue weighted by Gasteiger charge is 2.39. The lowest BCUT2D eigenvalue weighted by molar-refractivity contribution is 0.0649. The van der Waals surface area contributed by atoms with Crippen molar-refractivity contribution < 1.29 is 14.3 Å². The molecule has 7 heteroatoms. The van der Waals surface area contributed by atoms with Gasteiger partial charge in [-0.3, -0.25) is 14.5 Å². The maximum absolute atomic E-state index is 13.1. The highest BCUT2D eigenvalue weighted by atomic mass is 16.5. The molecule has 0 atom stereocenters. The van der Waals surface area contributed by atoms with Gasteiger partial charge in [0.15, 0.2) is 0 Å². The number of pyridine rings is 1. The molecule has 0 aliphatic carbocycles. The van der Waals surface area contributed by atoms with Crippen LogP contribution in [0.15, 0.2) is 36.9 Å². The summed E-state index contributed by atoms with van der Waals surface area (Å²) < 4.78 is 7.15. The number of carbonyl (C=O) groups excluding carboxylic acids is 2. The summed E-state index contributed by atoms with van der Waals surface area (Å²) in [7, 11) is 1.55. The number of fused-ring (bicyclic) bond motifs is 3. The molecule has 138 valence electrons. The van der Waals surface area contributed by atoms with Gasteiger partial charge in [-0.1, -0.05) is 11.6 Å². The number of rotatable bonds is 6. The molecule has 0 spiro atoms. The molecule has 0 bridgehead atoms. The zero-order valence-electron chi connectivity index (χ0n) is 15.3. The summed E-state index contributed by atoms with van der Waals surface area (Å²) in [5, 5.41) is 0.723. The van der Waals surface area contributed by atoms with E-state index in [-0.39, 0.29) is 18.4 Å². The van der Waals surface area contributed by atoms with Gasteiger partial charge in [0.25, 0.3) is 11.8 Å². The van der Waals surface area contributed by atoms with Crippen LogP contribution in [0.3, 0.4) is 0 Å². The zero-order valence-corrected chi connectivity index (χ0v) is 15.3. The number of hydrogen-bond acceptors (Lipinski definition) is 5. The Morgan fingerprint density at radius 3 is 2.67 bits per heavy atom. The van der Waals surface area contributed by atoms with Gasteiger partial charge in [0.2, 0.25) is 0 Å². The number of benzene rings is 1. The minimum atomic E-state index is -0.288. The largest absolute Gasteiger partial charge is 0.378 e. The van der Waals surface area contributed by atoms with Crippen LogP contribution in [-0.2, 0) is 17.9 Å². The molecular weight excluding hydrogens is 344 g/mol. The molecule has 2 amide bonds. The minimum Gasteiger partial charge on any atom is -0.378 e. The molecule has 0 radical (unpaired) electrons. The lowest BCUT2D eigenvalue weighted by Crippen LogP contribution is -2.31. The second kappa shape index (κ2) is 6.92. The third-order valence-electron chi connectivity index (χ3n) is 4.77. The van der Waals surface area contributed by atoms with Gasteiger partial charge in [0, 0.05) is 38.0 Å². The first-order valence-electron chi connectivity index (χ1n) is 8.84. The van der Waals surface area contributed by atoms with Crippen molar-refractivity contribution in [1.29, 1.82) is 0 Å². The summed E-state index contributed by atoms with van der Waals surface area (Å²) in [6, 6.07) is 5.74. The van der Waals surface area contributed by atoms with Gasteiger partial charge >= 0.3 is 0 Å². The van der Waals surface area contributed by atoms with E-state index >= 15 is 0 Å². The molecule has 1 aliphatic heterocycles. The molecule has 7 nitrogen and oxygen atoms in total. The minimum absolute atomic E-state index is 0.189. The first-order valence-corrected chi connectivity index (χ1v) is 8.84. The van der Waals surface area contributed by atoms with E-state index in [0.717, 1.165) is 10.9 Å². The van der Waals surface area contributed by atoms with Gasteiger partial charge < -0.3 is 9.30 Å². The molecule has 2 aromatic heterocycles. The summed E-state index contributed by atoms with van der Waals surface area (Å²) in [6.45, 7) is 3.19. The van der Waals surface area contributed by atoms with Crippen molar-refractivity contribution in [3.05, 3.63) is 59.3 Å². The Kier molecular flexibility index (Phi) is 4.45. The smallest absolute Gasteiger partial charge is 0.263 e. The molecule has 4 rings (SSSR count). The van der Waals surface area contributed by atoms with Gasteiger partial charge in [0.1, 0.15) is 0 Å². The molecule has 0 saturated heterocycles. The maximum atomic E-state index is 13.1. The summed E-state index contributed by atoms with van der Waals surface area (Å²) >= 11 is 0. The van der Waals surface area contributed by atoms with E-state index in [9.17, 15) is 9.59 Å². The summed E-state index contributed by atoms with van der Waals surface area (Å²) in [4.78, 5) is 36.0. The SMILES string of the molecule is COCc1nc2ccc(C)cc2c2c1C(=O)N(CCCn1ccnc1)C2=O. The number of hydrogen-bond donors (Lipinski definition) is 0. The van der Waals surface area contributed by atoms with Gasteiger partial charge in [-0.15, -0.1) is 0 Å². The number of imide groups is 1. The number of amides is 2. The normalized spacial score (nSPS) is 13.6. The molecule has 1 aromatic carbocycles. The van der Waals surface area contributed by atoms with E-state index in [1.54, 1.807) is 19.6 Å². The summed E-state index contributed by atoms with van der Waals surface area (Å²) in [5.41, 5.74) is 3.06. The molecular formula is C20H20N4O3. The predicted octanol–water partition coefficient (Wildman–Crippen LogP) is 2.57. The highest BCUT2D eigenvalue weighted by Crippen LogP contribution is 2.32. The molecule has 0 N–H and O–H groups in total. The van der Waals surface area contributed by atoms with Gasteiger partial charge in [-0.05, 0) is 25.5 Å². The number of carbonyl (C=O) groups is 2. The van der Waals surface area contributed by atoms with Crippen LogP contribution in [0.2, 0.25) is 0 Å². The number of aryl methyl sites for hydroxylation is 2. The second-order valence-electron chi connectivity index (χ2n) is 6.68. The average molecular weight is 364 g/mol. The lowest BCUT2D eigenvalue weighted by atomic mass is 10.0. The quantitative estimate of drug-likeness (QED) is 0.628. The average Bonchev–Trinajstić information content (AvgIpc) is 3.25. The Hall–Kier alpha value is -3.06. The van der Waals surface area contributed by atoms with Crippen LogP contribution in [0.25, 0.3) is 10.9 Å². The number of ether oxygens (including phenoxy) is 1. The first kappa shape index (κ1) is 17.4. The number of imidazole rings is 1. The van der Waals surface area contributed by atoms with E-state index < -0.39 is 0 Å². The van der Waals surface area contributed by atoms with E-state index in [4.69, 9.17) is 4.74 Å². The third kappa shape index (κ3) is 3.00. The van der Waals surface area contributed by atoms with E-state index in [1.165, 1.54) is 4.90 Å². The van der Waals surface area contributed by atoms with Crippen LogP contribution in [-0.4, -0.2) is 44.9 Å². The Morgan fingerprint density at radius 2 is 1.93 bits per heavy atom. The molecule has 0 unspecified atom stereocenters. The fraction of sp³-hybridized carbons (Fsp3) is 0.300. The van der Waals surface area contributed by atoms with Gasteiger partial charge in [0.05, 0.1) is 35.3 Å². The second-order valence-corrected chi connectivity index (χ2v) is 6.68. The van der Waals surface area contributed by atoms with E-state index in [0.29, 0.717) is 41.8 Å². The van der Waals surface area contributed by atoms with Gasteiger partial charge in [-0.2, -0.15) is 0 Å². The van der Waals surface area contributed by atoms with Crippen molar-refractivity contribution in [3.63, 3.8) is 0 Å². The molecule has 1 aliphatic rings. The predicted molar refractivity (Wildman–Crippen MR) is 99.4 cm³/mol. The summed E-state index contributed by atoms with van der Waals surface area (Å²) in [5.74, 6) is -0.542. The van der Waals surface area contributed by atoms with Crippen molar-refractivity contribution in [2.24, 2.45) is 0 Å². The Morgan fingerprint density at radius 1 is 1.11 bits per heavy atom. The number of methoxy groups -OCH3 is 1. The van der Waals surface area contributed by atoms with E-state index in [2.05, 4.69) is 9.97 Å². The molecule has 3 heterocycles. The zero-order chi connectivity index (χ0) is 19.0. The summed E-state index contributed by atoms with van der Waals surface area (Å²) in [6.07, 6.45) is 5.95. The number of aromatic nitrogens is 3. The fourth-order valence-electron chi connectivity index (χ4n) is 3.52. The first-order chi connectivity index (χ1) is 13.1. The third-order valence-corrected chi connectivity index (χ3v) is 4.77. The van der Waals surface area contributed by atoms with E-state index in [1.807, 2.05) is 35.9 Å². The van der Waals surface area contributed by atoms with Crippen LogP contribution in [0.1, 0.15) is 38.4 Å². The van der Waals surface area contributed by atoms with Crippen molar-refractivity contribution >= 4 is 22.7 Å². The molecule has 0 saturated carbocycles. The standard InChI is InChI=1S/C20H20N4O3/c1-13-4-5-15-14(10-13)17-18(16(22-15)11-27-2)20(26)24(19(17)25)8-3-7-23-9-6-21-12-23/h4-6,9-10,12H,3,7-8,11H2,1-2H3.